The van der Waals surface area contributed by atoms with Crippen LogP contribution in [-0.4, -0.2) is 25.7 Å². The number of nitrogens with zero attached hydrogens (tertiary/aromatic N) is 3. The van der Waals surface area contributed by atoms with E-state index in [0.29, 0.717) is 18.7 Å². The zero-order valence-electron chi connectivity index (χ0n) is 18.8. The van der Waals surface area contributed by atoms with Gasteiger partial charge in [0.05, 0.1) is 22.3 Å². The third-order valence-electron chi connectivity index (χ3n) is 6.91. The van der Waals surface area contributed by atoms with Gasteiger partial charge in [0.1, 0.15) is 5.82 Å². The molecule has 6 nitrogen and oxygen atoms in total. The Labute approximate surface area is 207 Å². The quantitative estimate of drug-likeness (QED) is 0.425. The third kappa shape index (κ3) is 4.32. The van der Waals surface area contributed by atoms with E-state index >= 15 is 0 Å². The highest BCUT2D eigenvalue weighted by Gasteiger charge is 2.30. The van der Waals surface area contributed by atoms with Crippen LogP contribution in [0, 0.1) is 5.92 Å². The van der Waals surface area contributed by atoms with Crippen LogP contribution in [0.2, 0.25) is 0 Å². The first-order valence-electron chi connectivity index (χ1n) is 11.7. The molecule has 174 valence electrons. The lowest BCUT2D eigenvalue weighted by molar-refractivity contribution is -0.142. The Kier molecular flexibility index (Phi) is 6.37. The molecule has 3 aromatic rings. The smallest absolute Gasteiger partial charge is 0.306 e. The standard InChI is InChI=1S/C27H27BrN4O2/c28-23-24(20-12-14-21(15-13-20)27(33)34)31-26-22(16-30-32(26)25(23)29)19-9-5-4-8-18(10-11-19)17-6-2-1-3-7-17/h1-3,5-7,9-11,16,20-21H,4,8,12-15,29H2,(H,33,34). The molecule has 0 bridgehead atoms. The van der Waals surface area contributed by atoms with Crippen molar-refractivity contribution in [2.45, 2.75) is 44.4 Å². The first-order chi connectivity index (χ1) is 16.5. The molecular weight excluding hydrogens is 492 g/mol. The average molecular weight is 519 g/mol. The monoisotopic (exact) mass is 518 g/mol. The lowest BCUT2D eigenvalue weighted by atomic mass is 9.80. The molecule has 3 N–H and O–H groups in total. The van der Waals surface area contributed by atoms with Gasteiger partial charge < -0.3 is 10.8 Å². The third-order valence-corrected chi connectivity index (χ3v) is 7.72. The molecule has 1 saturated carbocycles. The van der Waals surface area contributed by atoms with Crippen molar-refractivity contribution in [3.05, 3.63) is 82.1 Å². The number of fused-ring (bicyclic) bond motifs is 1. The van der Waals surface area contributed by atoms with E-state index in [-0.39, 0.29) is 11.8 Å². The number of aliphatic carboxylic acids is 1. The molecule has 1 fully saturated rings. The number of aromatic nitrogens is 3. The van der Waals surface area contributed by atoms with Crippen LogP contribution in [0.5, 0.6) is 0 Å². The van der Waals surface area contributed by atoms with Gasteiger partial charge >= 0.3 is 5.97 Å². The van der Waals surface area contributed by atoms with Crippen molar-refractivity contribution in [2.75, 3.05) is 5.73 Å². The molecule has 0 unspecified atom stereocenters. The van der Waals surface area contributed by atoms with Gasteiger partial charge in [0.25, 0.3) is 0 Å². The maximum atomic E-state index is 11.4. The summed E-state index contributed by atoms with van der Waals surface area (Å²) < 4.78 is 2.43. The van der Waals surface area contributed by atoms with Crippen LogP contribution < -0.4 is 5.73 Å². The fourth-order valence-corrected chi connectivity index (χ4v) is 5.53. The topological polar surface area (TPSA) is 93.5 Å². The molecule has 0 spiro atoms. The summed E-state index contributed by atoms with van der Waals surface area (Å²) in [4.78, 5) is 16.4. The van der Waals surface area contributed by atoms with Gasteiger partial charge in [-0.25, -0.2) is 4.98 Å². The summed E-state index contributed by atoms with van der Waals surface area (Å²) in [5.41, 5.74) is 12.6. The summed E-state index contributed by atoms with van der Waals surface area (Å²) in [6.07, 6.45) is 15.3. The molecule has 2 aliphatic carbocycles. The lowest BCUT2D eigenvalue weighted by Gasteiger charge is -2.26. The Morgan fingerprint density at radius 2 is 1.88 bits per heavy atom. The molecule has 5 rings (SSSR count). The van der Waals surface area contributed by atoms with Gasteiger partial charge in [-0.3, -0.25) is 4.79 Å². The number of rotatable bonds is 4. The Hall–Kier alpha value is -3.19. The van der Waals surface area contributed by atoms with Gasteiger partial charge in [-0.1, -0.05) is 54.6 Å². The van der Waals surface area contributed by atoms with E-state index < -0.39 is 5.97 Å². The van der Waals surface area contributed by atoms with E-state index in [1.54, 1.807) is 4.52 Å². The highest BCUT2D eigenvalue weighted by Crippen LogP contribution is 2.40. The average Bonchev–Trinajstić information content (AvgIpc) is 3.26. The molecule has 34 heavy (non-hydrogen) atoms. The Morgan fingerprint density at radius 1 is 1.12 bits per heavy atom. The second kappa shape index (κ2) is 9.58. The van der Waals surface area contributed by atoms with E-state index in [9.17, 15) is 9.90 Å². The number of allylic oxidation sites excluding steroid dienone is 6. The van der Waals surface area contributed by atoms with Crippen LogP contribution in [0.4, 0.5) is 5.82 Å². The van der Waals surface area contributed by atoms with Gasteiger partial charge in [-0.05, 0) is 71.2 Å². The minimum absolute atomic E-state index is 0.173. The van der Waals surface area contributed by atoms with Gasteiger partial charge in [0.15, 0.2) is 5.65 Å². The summed E-state index contributed by atoms with van der Waals surface area (Å²) in [5, 5.41) is 13.9. The largest absolute Gasteiger partial charge is 0.481 e. The van der Waals surface area contributed by atoms with Crippen LogP contribution in [0.1, 0.15) is 61.3 Å². The zero-order chi connectivity index (χ0) is 23.7. The zero-order valence-corrected chi connectivity index (χ0v) is 20.4. The fraction of sp³-hybridized carbons (Fsp3) is 0.296. The lowest BCUT2D eigenvalue weighted by Crippen LogP contribution is -2.21. The molecule has 0 saturated heterocycles. The number of nitrogen functional groups attached to an aromatic ring is 1. The summed E-state index contributed by atoms with van der Waals surface area (Å²) in [5.74, 6) is -0.282. The van der Waals surface area contributed by atoms with Crippen molar-refractivity contribution in [3.8, 4) is 0 Å². The number of carboxylic acids is 1. The maximum Gasteiger partial charge on any atom is 0.306 e. The van der Waals surface area contributed by atoms with Crippen LogP contribution in [0.15, 0.2) is 65.3 Å². The van der Waals surface area contributed by atoms with E-state index in [0.717, 1.165) is 52.6 Å². The normalized spacial score (nSPS) is 21.0. The number of anilines is 1. The second-order valence-corrected chi connectivity index (χ2v) is 9.79. The minimum atomic E-state index is -0.704. The van der Waals surface area contributed by atoms with E-state index in [4.69, 9.17) is 10.7 Å². The van der Waals surface area contributed by atoms with Crippen molar-refractivity contribution in [1.29, 1.82) is 0 Å². The van der Waals surface area contributed by atoms with Gasteiger partial charge in [0, 0.05) is 11.5 Å². The number of nitrogens with two attached hydrogens (primary N) is 1. The van der Waals surface area contributed by atoms with Crippen LogP contribution in [0.25, 0.3) is 16.8 Å². The Balaban J connectivity index is 1.53. The fourth-order valence-electron chi connectivity index (χ4n) is 4.95. The number of hydrogen-bond acceptors (Lipinski definition) is 4. The van der Waals surface area contributed by atoms with Crippen molar-refractivity contribution in [3.63, 3.8) is 0 Å². The Morgan fingerprint density at radius 3 is 2.62 bits per heavy atom. The summed E-state index contributed by atoms with van der Waals surface area (Å²) in [6, 6.07) is 10.5. The van der Waals surface area contributed by atoms with Crippen LogP contribution in [0.3, 0.4) is 0 Å². The summed E-state index contributed by atoms with van der Waals surface area (Å²) in [7, 11) is 0. The highest BCUT2D eigenvalue weighted by atomic mass is 79.9. The van der Waals surface area contributed by atoms with E-state index in [1.807, 2.05) is 12.3 Å². The molecular formula is C27H27BrN4O2. The van der Waals surface area contributed by atoms with Crippen LogP contribution >= 0.6 is 15.9 Å². The van der Waals surface area contributed by atoms with Gasteiger partial charge in [-0.15, -0.1) is 0 Å². The molecule has 2 aliphatic rings. The van der Waals surface area contributed by atoms with E-state index in [2.05, 4.69) is 69.6 Å². The predicted octanol–water partition coefficient (Wildman–Crippen LogP) is 6.25. The predicted molar refractivity (Wildman–Crippen MR) is 138 cm³/mol. The summed E-state index contributed by atoms with van der Waals surface area (Å²) >= 11 is 3.64. The molecule has 2 heterocycles. The summed E-state index contributed by atoms with van der Waals surface area (Å²) in [6.45, 7) is 0. The van der Waals surface area contributed by atoms with Crippen molar-refractivity contribution < 1.29 is 9.90 Å². The number of halogens is 1. The maximum absolute atomic E-state index is 11.4. The highest BCUT2D eigenvalue weighted by molar-refractivity contribution is 9.10. The van der Waals surface area contributed by atoms with E-state index in [1.165, 1.54) is 11.1 Å². The molecule has 0 radical (unpaired) electrons. The second-order valence-electron chi connectivity index (χ2n) is 9.00. The van der Waals surface area contributed by atoms with Crippen molar-refractivity contribution in [1.82, 2.24) is 14.6 Å². The molecule has 0 atom stereocenters. The number of carbonyl (C=O) groups is 1. The van der Waals surface area contributed by atoms with Gasteiger partial charge in [-0.2, -0.15) is 9.61 Å². The SMILES string of the molecule is Nc1c(Br)c(C2CCC(C(=O)O)CC2)nc2c(C3=CC=C(c4ccccc4)CCC=C3)cnn12. The van der Waals surface area contributed by atoms with Crippen molar-refractivity contribution >= 4 is 44.5 Å². The Bertz CT molecular complexity index is 1320. The number of benzene rings is 1. The number of carboxylic acid groups (broad SMARTS) is 1. The molecule has 2 aromatic heterocycles. The molecule has 0 amide bonds. The first kappa shape index (κ1) is 22.6. The van der Waals surface area contributed by atoms with Gasteiger partial charge in [0.2, 0.25) is 0 Å². The number of hydrogen-bond donors (Lipinski definition) is 2. The molecule has 1 aromatic carbocycles. The molecule has 0 aliphatic heterocycles. The van der Waals surface area contributed by atoms with Crippen molar-refractivity contribution in [2.24, 2.45) is 5.92 Å². The first-order valence-corrected chi connectivity index (χ1v) is 12.5. The molecule has 7 heteroatoms. The van der Waals surface area contributed by atoms with Crippen LogP contribution in [-0.2, 0) is 4.79 Å². The minimum Gasteiger partial charge on any atom is -0.481 e.